The number of hydrogen-bond acceptors (Lipinski definition) is 8. The molecule has 15 nitrogen and oxygen atoms in total. The molecular weight excluding hydrogens is 458 g/mol. The van der Waals surface area contributed by atoms with Gasteiger partial charge in [-0.3, -0.25) is 28.8 Å². The van der Waals surface area contributed by atoms with Crippen molar-refractivity contribution in [2.45, 2.75) is 69.1 Å². The Kier molecular flexibility index (Phi) is 10.9. The second kappa shape index (κ2) is 13.1. The number of nitrogens with two attached hydrogens (primary N) is 2. The lowest BCUT2D eigenvalue weighted by Crippen LogP contribution is -2.57. The van der Waals surface area contributed by atoms with Gasteiger partial charge in [-0.25, -0.2) is 4.79 Å². The second-order valence-electron chi connectivity index (χ2n) is 7.79. The number of hydrogen-bond donors (Lipinski definition) is 7. The number of primary amides is 1. The van der Waals surface area contributed by atoms with Gasteiger partial charge in [-0.2, -0.15) is 0 Å². The zero-order valence-electron chi connectivity index (χ0n) is 18.3. The van der Waals surface area contributed by atoms with Gasteiger partial charge in [0.1, 0.15) is 18.1 Å². The van der Waals surface area contributed by atoms with Crippen molar-refractivity contribution in [3.8, 4) is 0 Å². The minimum Gasteiger partial charge on any atom is -0.481 e. The fourth-order valence-corrected chi connectivity index (χ4v) is 3.39. The molecule has 1 saturated heterocycles. The first kappa shape index (κ1) is 28.3. The molecule has 1 heterocycles. The minimum atomic E-state index is -1.60. The molecule has 190 valence electrons. The van der Waals surface area contributed by atoms with Crippen LogP contribution in [0.2, 0.25) is 0 Å². The predicted octanol–water partition coefficient (Wildman–Crippen LogP) is -3.04. The van der Waals surface area contributed by atoms with Crippen LogP contribution in [0.4, 0.5) is 0 Å². The van der Waals surface area contributed by atoms with E-state index in [9.17, 15) is 38.7 Å². The number of likely N-dealkylation sites (tertiary alicyclic amines) is 1. The summed E-state index contributed by atoms with van der Waals surface area (Å²) in [7, 11) is 0. The monoisotopic (exact) mass is 487 g/mol. The number of carboxylic acids is 3. The second-order valence-corrected chi connectivity index (χ2v) is 7.79. The molecule has 0 spiro atoms. The van der Waals surface area contributed by atoms with Crippen molar-refractivity contribution in [3.05, 3.63) is 0 Å². The van der Waals surface area contributed by atoms with Gasteiger partial charge in [0.05, 0.1) is 12.5 Å². The van der Waals surface area contributed by atoms with Crippen LogP contribution in [0.25, 0.3) is 0 Å². The fraction of sp³-hybridized carbons (Fsp3) is 0.632. The Hall–Kier alpha value is -3.75. The van der Waals surface area contributed by atoms with E-state index in [1.165, 1.54) is 0 Å². The van der Waals surface area contributed by atoms with E-state index in [0.29, 0.717) is 6.42 Å². The maximum absolute atomic E-state index is 13.1. The predicted molar refractivity (Wildman–Crippen MR) is 112 cm³/mol. The van der Waals surface area contributed by atoms with Gasteiger partial charge in [0, 0.05) is 19.4 Å². The molecule has 0 aliphatic carbocycles. The Balaban J connectivity index is 2.97. The van der Waals surface area contributed by atoms with Gasteiger partial charge < -0.3 is 42.3 Å². The Morgan fingerprint density at radius 1 is 0.912 bits per heavy atom. The summed E-state index contributed by atoms with van der Waals surface area (Å²) >= 11 is 0. The molecule has 9 N–H and O–H groups in total. The Labute approximate surface area is 193 Å². The number of aliphatic carboxylic acids is 3. The van der Waals surface area contributed by atoms with Crippen LogP contribution < -0.4 is 22.1 Å². The van der Waals surface area contributed by atoms with Gasteiger partial charge >= 0.3 is 17.9 Å². The van der Waals surface area contributed by atoms with Crippen molar-refractivity contribution in [2.24, 2.45) is 11.5 Å². The van der Waals surface area contributed by atoms with Crippen molar-refractivity contribution < 1.29 is 48.9 Å². The topological polar surface area (TPSA) is 260 Å². The molecule has 1 rings (SSSR count). The number of rotatable bonds is 14. The summed E-state index contributed by atoms with van der Waals surface area (Å²) in [6.45, 7) is 0.0784. The molecular formula is C19H29N5O10. The number of amides is 4. The van der Waals surface area contributed by atoms with Crippen molar-refractivity contribution in [2.75, 3.05) is 6.54 Å². The average molecular weight is 487 g/mol. The largest absolute Gasteiger partial charge is 0.481 e. The van der Waals surface area contributed by atoms with E-state index in [1.54, 1.807) is 0 Å². The van der Waals surface area contributed by atoms with Crippen molar-refractivity contribution >= 4 is 41.5 Å². The summed E-state index contributed by atoms with van der Waals surface area (Å²) in [5, 5.41) is 31.3. The molecule has 0 bridgehead atoms. The van der Waals surface area contributed by atoms with E-state index < -0.39 is 85.0 Å². The Bertz CT molecular complexity index is 832. The molecule has 4 amide bonds. The van der Waals surface area contributed by atoms with Crippen LogP contribution in [-0.2, 0) is 33.6 Å². The highest BCUT2D eigenvalue weighted by Gasteiger charge is 2.39. The lowest BCUT2D eigenvalue weighted by Gasteiger charge is -2.29. The van der Waals surface area contributed by atoms with Gasteiger partial charge in [-0.1, -0.05) is 0 Å². The maximum Gasteiger partial charge on any atom is 0.326 e. The summed E-state index contributed by atoms with van der Waals surface area (Å²) in [6.07, 6.45) is -1.55. The lowest BCUT2D eigenvalue weighted by molar-refractivity contribution is -0.146. The minimum absolute atomic E-state index is 0.0784. The number of carbonyl (C=O) groups is 7. The molecule has 0 aromatic heterocycles. The molecule has 1 aliphatic heterocycles. The number of carbonyl (C=O) groups excluding carboxylic acids is 4. The van der Waals surface area contributed by atoms with Crippen LogP contribution in [0, 0.1) is 0 Å². The third-order valence-electron chi connectivity index (χ3n) is 5.13. The van der Waals surface area contributed by atoms with E-state index in [0.717, 1.165) is 4.90 Å². The van der Waals surface area contributed by atoms with Crippen LogP contribution in [0.5, 0.6) is 0 Å². The molecule has 4 unspecified atom stereocenters. The highest BCUT2D eigenvalue weighted by atomic mass is 16.4. The molecule has 1 aliphatic rings. The number of nitrogens with zero attached hydrogens (tertiary/aromatic N) is 1. The zero-order chi connectivity index (χ0) is 26.0. The SMILES string of the molecule is NC(=O)CC(NC(=O)C1CCCN1C(=O)C(CCC(=O)O)NC(=O)C(N)CCC(=O)O)C(=O)O. The van der Waals surface area contributed by atoms with Gasteiger partial charge in [-0.15, -0.1) is 0 Å². The summed E-state index contributed by atoms with van der Waals surface area (Å²) in [5.74, 6) is -7.36. The quantitative estimate of drug-likeness (QED) is 0.129. The molecule has 1 fully saturated rings. The van der Waals surface area contributed by atoms with E-state index >= 15 is 0 Å². The number of nitrogens with one attached hydrogen (secondary N) is 2. The van der Waals surface area contributed by atoms with E-state index in [4.69, 9.17) is 21.7 Å². The molecule has 0 aromatic rings. The van der Waals surface area contributed by atoms with Gasteiger partial charge in [-0.05, 0) is 25.7 Å². The summed E-state index contributed by atoms with van der Waals surface area (Å²) in [5.41, 5.74) is 10.6. The first-order valence-corrected chi connectivity index (χ1v) is 10.4. The summed E-state index contributed by atoms with van der Waals surface area (Å²) in [6, 6.07) is -5.35. The van der Waals surface area contributed by atoms with Crippen LogP contribution in [0.15, 0.2) is 0 Å². The fourth-order valence-electron chi connectivity index (χ4n) is 3.39. The van der Waals surface area contributed by atoms with Crippen molar-refractivity contribution in [1.82, 2.24) is 15.5 Å². The number of carboxylic acid groups (broad SMARTS) is 3. The first-order valence-electron chi connectivity index (χ1n) is 10.4. The van der Waals surface area contributed by atoms with Crippen molar-refractivity contribution in [1.29, 1.82) is 0 Å². The van der Waals surface area contributed by atoms with Crippen LogP contribution >= 0.6 is 0 Å². The zero-order valence-corrected chi connectivity index (χ0v) is 18.3. The average Bonchev–Trinajstić information content (AvgIpc) is 3.23. The molecule has 4 atom stereocenters. The van der Waals surface area contributed by atoms with Crippen LogP contribution in [0.1, 0.15) is 44.9 Å². The van der Waals surface area contributed by atoms with E-state index in [1.807, 2.05) is 0 Å². The highest BCUT2D eigenvalue weighted by Crippen LogP contribution is 2.20. The standard InChI is InChI=1S/C19H29N5O10/c20-9(3-5-14(26)27)16(30)22-10(4-6-15(28)29)18(32)24-7-1-2-12(24)17(31)23-11(19(33)34)8-13(21)25/h9-12H,1-8,20H2,(H2,21,25)(H,22,30)(H,23,31)(H,26,27)(H,28,29)(H,33,34). The lowest BCUT2D eigenvalue weighted by atomic mass is 10.1. The van der Waals surface area contributed by atoms with E-state index in [-0.39, 0.29) is 25.8 Å². The highest BCUT2D eigenvalue weighted by molar-refractivity contribution is 5.95. The maximum atomic E-state index is 13.1. The molecule has 0 radical (unpaired) electrons. The Morgan fingerprint density at radius 2 is 1.50 bits per heavy atom. The molecule has 0 aromatic carbocycles. The third kappa shape index (κ3) is 9.01. The summed E-state index contributed by atoms with van der Waals surface area (Å²) < 4.78 is 0. The first-order chi connectivity index (χ1) is 15.8. The van der Waals surface area contributed by atoms with Crippen LogP contribution in [-0.4, -0.2) is 92.5 Å². The third-order valence-corrected chi connectivity index (χ3v) is 5.13. The molecule has 0 saturated carbocycles. The molecule has 34 heavy (non-hydrogen) atoms. The van der Waals surface area contributed by atoms with Crippen molar-refractivity contribution in [3.63, 3.8) is 0 Å². The van der Waals surface area contributed by atoms with Crippen LogP contribution in [0.3, 0.4) is 0 Å². The normalized spacial score (nSPS) is 17.8. The molecule has 15 heteroatoms. The smallest absolute Gasteiger partial charge is 0.326 e. The Morgan fingerprint density at radius 3 is 2.03 bits per heavy atom. The van der Waals surface area contributed by atoms with Gasteiger partial charge in [0.2, 0.25) is 23.6 Å². The van der Waals surface area contributed by atoms with Gasteiger partial charge in [0.25, 0.3) is 0 Å². The van der Waals surface area contributed by atoms with E-state index in [2.05, 4.69) is 10.6 Å². The van der Waals surface area contributed by atoms with Gasteiger partial charge in [0.15, 0.2) is 0 Å². The summed E-state index contributed by atoms with van der Waals surface area (Å²) in [4.78, 5) is 83.2.